The molecule has 2 N–H and O–H groups in total. The van der Waals surface area contributed by atoms with Crippen molar-refractivity contribution >= 4 is 22.6 Å². The van der Waals surface area contributed by atoms with Gasteiger partial charge < -0.3 is 10.3 Å². The van der Waals surface area contributed by atoms with Crippen molar-refractivity contribution in [3.8, 4) is 0 Å². The molecule has 0 aliphatic carbocycles. The predicted octanol–water partition coefficient (Wildman–Crippen LogP) is 3.77. The van der Waals surface area contributed by atoms with E-state index in [9.17, 15) is 22.4 Å². The van der Waals surface area contributed by atoms with Gasteiger partial charge >= 0.3 is 6.18 Å². The lowest BCUT2D eigenvalue weighted by atomic mass is 10.0. The van der Waals surface area contributed by atoms with Gasteiger partial charge in [-0.25, -0.2) is 15.0 Å². The van der Waals surface area contributed by atoms with Gasteiger partial charge in [0.1, 0.15) is 23.5 Å². The minimum atomic E-state index is -4.54. The molecule has 0 saturated carbocycles. The molecule has 0 aromatic carbocycles. The first-order chi connectivity index (χ1) is 14.8. The molecule has 4 rings (SSSR count). The van der Waals surface area contributed by atoms with Gasteiger partial charge in [-0.15, -0.1) is 0 Å². The van der Waals surface area contributed by atoms with Gasteiger partial charge in [0, 0.05) is 31.6 Å². The third-order valence-corrected chi connectivity index (χ3v) is 4.60. The molecule has 4 aromatic rings. The molecule has 0 aliphatic heterocycles. The minimum absolute atomic E-state index is 0.0569. The number of ketones is 1. The fourth-order valence-electron chi connectivity index (χ4n) is 3.12. The molecule has 4 aromatic heterocycles. The van der Waals surface area contributed by atoms with Gasteiger partial charge in [0.05, 0.1) is 16.5 Å². The lowest BCUT2D eigenvalue weighted by molar-refractivity contribution is -0.141. The van der Waals surface area contributed by atoms with Gasteiger partial charge in [0.25, 0.3) is 0 Å². The van der Waals surface area contributed by atoms with Crippen LogP contribution in [0.15, 0.2) is 43.0 Å². The summed E-state index contributed by atoms with van der Waals surface area (Å²) in [5, 5.41) is 3.28. The molecule has 0 radical (unpaired) electrons. The second-order valence-electron chi connectivity index (χ2n) is 6.59. The summed E-state index contributed by atoms with van der Waals surface area (Å²) in [6, 6.07) is 4.83. The van der Waals surface area contributed by atoms with Crippen LogP contribution in [-0.2, 0) is 12.6 Å². The fourth-order valence-corrected chi connectivity index (χ4v) is 3.12. The van der Waals surface area contributed by atoms with E-state index < -0.39 is 23.6 Å². The molecule has 0 fully saturated rings. The first-order valence-corrected chi connectivity index (χ1v) is 9.00. The van der Waals surface area contributed by atoms with Crippen molar-refractivity contribution in [3.63, 3.8) is 0 Å². The highest BCUT2D eigenvalue weighted by atomic mass is 19.4. The molecule has 0 saturated heterocycles. The molecule has 0 aliphatic rings. The number of rotatable bonds is 5. The molecule has 158 valence electrons. The van der Waals surface area contributed by atoms with E-state index >= 15 is 0 Å². The maximum atomic E-state index is 14.6. The monoisotopic (exact) mass is 430 g/mol. The molecule has 0 atom stereocenters. The molecule has 7 nitrogen and oxygen atoms in total. The van der Waals surface area contributed by atoms with Crippen LogP contribution in [0.5, 0.6) is 0 Å². The lowest BCUT2D eigenvalue weighted by Gasteiger charge is -2.08. The van der Waals surface area contributed by atoms with Crippen molar-refractivity contribution in [3.05, 3.63) is 77.0 Å². The van der Waals surface area contributed by atoms with E-state index in [1.165, 1.54) is 30.7 Å². The van der Waals surface area contributed by atoms with Crippen LogP contribution in [0.4, 0.5) is 23.4 Å². The van der Waals surface area contributed by atoms with Crippen molar-refractivity contribution in [1.82, 2.24) is 24.9 Å². The van der Waals surface area contributed by atoms with Crippen LogP contribution in [0, 0.1) is 5.95 Å². The van der Waals surface area contributed by atoms with Crippen molar-refractivity contribution in [1.29, 1.82) is 0 Å². The standard InChI is InChI=1S/C20H14F4N6O/c1-25-18-15-13(8-27-19(15)29-9-28-18)16(31)12-4-3-11(30-17(12)21)6-10-2-5-14(26-7-10)20(22,23)24/h2-5,7-9H,6H2,1H3,(H2,25,27,28,29). The second-order valence-corrected chi connectivity index (χ2v) is 6.59. The Bertz CT molecular complexity index is 1270. The summed E-state index contributed by atoms with van der Waals surface area (Å²) in [6.45, 7) is 0. The van der Waals surface area contributed by atoms with Gasteiger partial charge in [0.2, 0.25) is 5.95 Å². The molecule has 31 heavy (non-hydrogen) atoms. The Kier molecular flexibility index (Phi) is 5.09. The molecule has 0 unspecified atom stereocenters. The van der Waals surface area contributed by atoms with Gasteiger partial charge in [-0.3, -0.25) is 9.78 Å². The number of hydrogen-bond donors (Lipinski definition) is 2. The number of carbonyl (C=O) groups is 1. The number of aromatic amines is 1. The van der Waals surface area contributed by atoms with Crippen molar-refractivity contribution in [2.45, 2.75) is 12.6 Å². The maximum Gasteiger partial charge on any atom is 0.433 e. The molecule has 0 amide bonds. The Morgan fingerprint density at radius 3 is 2.55 bits per heavy atom. The fraction of sp³-hybridized carbons (Fsp3) is 0.150. The van der Waals surface area contributed by atoms with E-state index in [-0.39, 0.29) is 23.2 Å². The van der Waals surface area contributed by atoms with Gasteiger partial charge in [-0.2, -0.15) is 17.6 Å². The number of pyridine rings is 2. The SMILES string of the molecule is CNc1ncnc2[nH]cc(C(=O)c3ccc(Cc4ccc(C(F)(F)F)nc4)nc3F)c12. The summed E-state index contributed by atoms with van der Waals surface area (Å²) in [5.41, 5.74) is 0.00381. The van der Waals surface area contributed by atoms with Crippen LogP contribution < -0.4 is 5.32 Å². The smallest absolute Gasteiger partial charge is 0.372 e. The van der Waals surface area contributed by atoms with Crippen LogP contribution in [0.1, 0.15) is 32.9 Å². The van der Waals surface area contributed by atoms with Crippen molar-refractivity contribution in [2.75, 3.05) is 12.4 Å². The number of halogens is 4. The zero-order chi connectivity index (χ0) is 22.2. The molecule has 0 spiro atoms. The molecule has 4 heterocycles. The molecular formula is C20H14F4N6O. The van der Waals surface area contributed by atoms with E-state index in [1.807, 2.05) is 0 Å². The number of alkyl halides is 3. The Morgan fingerprint density at radius 1 is 1.10 bits per heavy atom. The Balaban J connectivity index is 1.60. The summed E-state index contributed by atoms with van der Waals surface area (Å²) in [6.07, 6.45) is -0.671. The number of hydrogen-bond acceptors (Lipinski definition) is 6. The zero-order valence-electron chi connectivity index (χ0n) is 16.0. The van der Waals surface area contributed by atoms with Gasteiger partial charge in [-0.05, 0) is 23.8 Å². The van der Waals surface area contributed by atoms with Crippen LogP contribution >= 0.6 is 0 Å². The van der Waals surface area contributed by atoms with Crippen molar-refractivity contribution in [2.24, 2.45) is 0 Å². The number of fused-ring (bicyclic) bond motifs is 1. The molecular weight excluding hydrogens is 416 g/mol. The summed E-state index contributed by atoms with van der Waals surface area (Å²) in [5.74, 6) is -1.18. The Morgan fingerprint density at radius 2 is 1.90 bits per heavy atom. The zero-order valence-corrected chi connectivity index (χ0v) is 16.0. The summed E-state index contributed by atoms with van der Waals surface area (Å²) in [7, 11) is 1.63. The van der Waals surface area contributed by atoms with E-state index in [0.717, 1.165) is 12.3 Å². The summed E-state index contributed by atoms with van der Waals surface area (Å²) < 4.78 is 52.5. The van der Waals surface area contributed by atoms with Crippen LogP contribution in [0.25, 0.3) is 11.0 Å². The number of aromatic nitrogens is 5. The van der Waals surface area contributed by atoms with Crippen molar-refractivity contribution < 1.29 is 22.4 Å². The molecule has 11 heteroatoms. The van der Waals surface area contributed by atoms with E-state index in [1.54, 1.807) is 7.05 Å². The van der Waals surface area contributed by atoms with Crippen LogP contribution in [-0.4, -0.2) is 37.8 Å². The Hall–Kier alpha value is -3.89. The predicted molar refractivity (Wildman–Crippen MR) is 103 cm³/mol. The highest BCUT2D eigenvalue weighted by Gasteiger charge is 2.32. The topological polar surface area (TPSA) is 96.5 Å². The first-order valence-electron chi connectivity index (χ1n) is 9.00. The molecule has 0 bridgehead atoms. The number of anilines is 1. The van der Waals surface area contributed by atoms with E-state index in [4.69, 9.17) is 0 Å². The largest absolute Gasteiger partial charge is 0.433 e. The maximum absolute atomic E-state index is 14.6. The number of carbonyl (C=O) groups excluding carboxylic acids is 1. The minimum Gasteiger partial charge on any atom is -0.372 e. The van der Waals surface area contributed by atoms with Gasteiger partial charge in [-0.1, -0.05) is 6.07 Å². The lowest BCUT2D eigenvalue weighted by Crippen LogP contribution is -2.09. The van der Waals surface area contributed by atoms with Crippen LogP contribution in [0.3, 0.4) is 0 Å². The normalized spacial score (nSPS) is 11.6. The van der Waals surface area contributed by atoms with Gasteiger partial charge in [0.15, 0.2) is 5.78 Å². The summed E-state index contributed by atoms with van der Waals surface area (Å²) >= 11 is 0. The third kappa shape index (κ3) is 3.93. The summed E-state index contributed by atoms with van der Waals surface area (Å²) in [4.78, 5) is 31.0. The van der Waals surface area contributed by atoms with E-state index in [2.05, 4.69) is 30.2 Å². The first kappa shape index (κ1) is 20.4. The Labute approximate surface area is 172 Å². The van der Waals surface area contributed by atoms with Crippen LogP contribution in [0.2, 0.25) is 0 Å². The average Bonchev–Trinajstić information content (AvgIpc) is 3.17. The third-order valence-electron chi connectivity index (χ3n) is 4.60. The second kappa shape index (κ2) is 7.74. The highest BCUT2D eigenvalue weighted by molar-refractivity contribution is 6.17. The number of nitrogens with one attached hydrogen (secondary N) is 2. The highest BCUT2D eigenvalue weighted by Crippen LogP contribution is 2.28. The van der Waals surface area contributed by atoms with E-state index in [0.29, 0.717) is 22.4 Å². The quantitative estimate of drug-likeness (QED) is 0.284. The number of H-pyrrole nitrogens is 1. The average molecular weight is 430 g/mol. The number of nitrogens with zero attached hydrogens (tertiary/aromatic N) is 4.